The Hall–Kier alpha value is -0.570. The number of likely N-dealkylation sites (tertiary alicyclic amines) is 1. The number of amides is 1. The van der Waals surface area contributed by atoms with Crippen molar-refractivity contribution in [1.29, 1.82) is 0 Å². The van der Waals surface area contributed by atoms with E-state index >= 15 is 0 Å². The van der Waals surface area contributed by atoms with E-state index in [9.17, 15) is 4.79 Å². The molecule has 1 aliphatic heterocycles. The second-order valence-corrected chi connectivity index (χ2v) is 4.53. The molecule has 0 spiro atoms. The van der Waals surface area contributed by atoms with Crippen molar-refractivity contribution in [3.8, 4) is 0 Å². The summed E-state index contributed by atoms with van der Waals surface area (Å²) in [6.07, 6.45) is 4.23. The van der Waals surface area contributed by atoms with Crippen molar-refractivity contribution in [3.63, 3.8) is 0 Å². The van der Waals surface area contributed by atoms with Crippen LogP contribution in [0.15, 0.2) is 0 Å². The Kier molecular flexibility index (Phi) is 5.09. The molecule has 0 bridgehead atoms. The molecule has 2 unspecified atom stereocenters. The van der Waals surface area contributed by atoms with Gasteiger partial charge in [-0.3, -0.25) is 4.79 Å². The van der Waals surface area contributed by atoms with Crippen molar-refractivity contribution >= 4 is 5.91 Å². The number of nitrogens with zero attached hydrogens (tertiary/aromatic N) is 1. The SMILES string of the molecule is CCNCCC(=O)N1C(C)CCCC1C. The highest BCUT2D eigenvalue weighted by atomic mass is 16.2. The Morgan fingerprint density at radius 1 is 1.33 bits per heavy atom. The fourth-order valence-electron chi connectivity index (χ4n) is 2.41. The minimum Gasteiger partial charge on any atom is -0.337 e. The molecule has 1 aliphatic rings. The maximum absolute atomic E-state index is 12.0. The topological polar surface area (TPSA) is 32.3 Å². The van der Waals surface area contributed by atoms with Crippen molar-refractivity contribution in [3.05, 3.63) is 0 Å². The molecule has 1 fully saturated rings. The van der Waals surface area contributed by atoms with Gasteiger partial charge in [0.05, 0.1) is 0 Å². The van der Waals surface area contributed by atoms with Gasteiger partial charge in [0.15, 0.2) is 0 Å². The predicted octanol–water partition coefficient (Wildman–Crippen LogP) is 1.78. The molecule has 3 nitrogen and oxygen atoms in total. The van der Waals surface area contributed by atoms with Crippen molar-refractivity contribution in [2.24, 2.45) is 0 Å². The fourth-order valence-corrected chi connectivity index (χ4v) is 2.41. The molecule has 1 saturated heterocycles. The third-order valence-electron chi connectivity index (χ3n) is 3.25. The standard InChI is InChI=1S/C12H24N2O/c1-4-13-9-8-12(15)14-10(2)6-5-7-11(14)3/h10-11,13H,4-9H2,1-3H3. The lowest BCUT2D eigenvalue weighted by Crippen LogP contribution is -2.48. The average molecular weight is 212 g/mol. The van der Waals surface area contributed by atoms with Crippen LogP contribution in [0.2, 0.25) is 0 Å². The molecule has 0 aromatic rings. The zero-order valence-corrected chi connectivity index (χ0v) is 10.3. The van der Waals surface area contributed by atoms with E-state index in [1.165, 1.54) is 6.42 Å². The first-order valence-electron chi connectivity index (χ1n) is 6.18. The monoisotopic (exact) mass is 212 g/mol. The van der Waals surface area contributed by atoms with Gasteiger partial charge in [0.1, 0.15) is 0 Å². The molecule has 0 saturated carbocycles. The van der Waals surface area contributed by atoms with Crippen LogP contribution in [0.1, 0.15) is 46.5 Å². The van der Waals surface area contributed by atoms with E-state index in [4.69, 9.17) is 0 Å². The van der Waals surface area contributed by atoms with Crippen LogP contribution in [-0.4, -0.2) is 36.0 Å². The molecule has 1 heterocycles. The zero-order valence-electron chi connectivity index (χ0n) is 10.3. The molecule has 88 valence electrons. The first-order chi connectivity index (χ1) is 7.16. The van der Waals surface area contributed by atoms with Gasteiger partial charge in [-0.15, -0.1) is 0 Å². The Bertz CT molecular complexity index is 196. The van der Waals surface area contributed by atoms with E-state index in [2.05, 4.69) is 31.0 Å². The van der Waals surface area contributed by atoms with Crippen LogP contribution in [0, 0.1) is 0 Å². The first kappa shape index (κ1) is 12.5. The number of piperidine rings is 1. The lowest BCUT2D eigenvalue weighted by Gasteiger charge is -2.39. The van der Waals surface area contributed by atoms with Crippen LogP contribution in [-0.2, 0) is 4.79 Å². The maximum atomic E-state index is 12.0. The summed E-state index contributed by atoms with van der Waals surface area (Å²) >= 11 is 0. The van der Waals surface area contributed by atoms with Crippen molar-refractivity contribution in [2.45, 2.75) is 58.5 Å². The Morgan fingerprint density at radius 2 is 1.93 bits per heavy atom. The molecule has 0 aliphatic carbocycles. The third kappa shape index (κ3) is 3.49. The fraction of sp³-hybridized carbons (Fsp3) is 0.917. The summed E-state index contributed by atoms with van der Waals surface area (Å²) in [7, 11) is 0. The number of carbonyl (C=O) groups excluding carboxylic acids is 1. The Balaban J connectivity index is 2.41. The van der Waals surface area contributed by atoms with E-state index in [1.54, 1.807) is 0 Å². The number of hydrogen-bond donors (Lipinski definition) is 1. The molecule has 0 aromatic heterocycles. The lowest BCUT2D eigenvalue weighted by molar-refractivity contribution is -0.137. The van der Waals surface area contributed by atoms with E-state index in [-0.39, 0.29) is 0 Å². The van der Waals surface area contributed by atoms with Gasteiger partial charge in [-0.05, 0) is 39.7 Å². The van der Waals surface area contributed by atoms with Crippen molar-refractivity contribution in [1.82, 2.24) is 10.2 Å². The molecule has 2 atom stereocenters. The highest BCUT2D eigenvalue weighted by molar-refractivity contribution is 5.77. The minimum atomic E-state index is 0.315. The van der Waals surface area contributed by atoms with Gasteiger partial charge in [-0.2, -0.15) is 0 Å². The molecule has 3 heteroatoms. The quantitative estimate of drug-likeness (QED) is 0.720. The van der Waals surface area contributed by atoms with Gasteiger partial charge in [-0.25, -0.2) is 0 Å². The minimum absolute atomic E-state index is 0.315. The van der Waals surface area contributed by atoms with E-state index in [1.807, 2.05) is 0 Å². The molecular formula is C12H24N2O. The van der Waals surface area contributed by atoms with E-state index in [0.29, 0.717) is 24.4 Å². The normalized spacial score (nSPS) is 26.7. The first-order valence-corrected chi connectivity index (χ1v) is 6.18. The third-order valence-corrected chi connectivity index (χ3v) is 3.25. The summed E-state index contributed by atoms with van der Waals surface area (Å²) in [6, 6.07) is 0.866. The van der Waals surface area contributed by atoms with Crippen LogP contribution in [0.25, 0.3) is 0 Å². The summed E-state index contributed by atoms with van der Waals surface area (Å²) in [5, 5.41) is 3.20. The van der Waals surface area contributed by atoms with Crippen LogP contribution in [0.5, 0.6) is 0 Å². The number of carbonyl (C=O) groups is 1. The second kappa shape index (κ2) is 6.11. The zero-order chi connectivity index (χ0) is 11.3. The van der Waals surface area contributed by atoms with Gasteiger partial charge in [-0.1, -0.05) is 6.92 Å². The van der Waals surface area contributed by atoms with Gasteiger partial charge >= 0.3 is 0 Å². The van der Waals surface area contributed by atoms with Crippen molar-refractivity contribution in [2.75, 3.05) is 13.1 Å². The van der Waals surface area contributed by atoms with Crippen LogP contribution in [0.4, 0.5) is 0 Å². The van der Waals surface area contributed by atoms with E-state index < -0.39 is 0 Å². The maximum Gasteiger partial charge on any atom is 0.224 e. The van der Waals surface area contributed by atoms with Gasteiger partial charge in [0.25, 0.3) is 0 Å². The van der Waals surface area contributed by atoms with Gasteiger partial charge < -0.3 is 10.2 Å². The van der Waals surface area contributed by atoms with E-state index in [0.717, 1.165) is 25.9 Å². The molecule has 0 aromatic carbocycles. The summed E-state index contributed by atoms with van der Waals surface area (Å²) in [4.78, 5) is 14.1. The molecule has 1 N–H and O–H groups in total. The molecule has 0 radical (unpaired) electrons. The summed E-state index contributed by atoms with van der Waals surface area (Å²) < 4.78 is 0. The summed E-state index contributed by atoms with van der Waals surface area (Å²) in [5.41, 5.74) is 0. The average Bonchev–Trinajstić information content (AvgIpc) is 2.18. The number of hydrogen-bond acceptors (Lipinski definition) is 2. The number of nitrogens with one attached hydrogen (secondary N) is 1. The second-order valence-electron chi connectivity index (χ2n) is 4.53. The number of rotatable bonds is 4. The molecule has 1 rings (SSSR count). The molecular weight excluding hydrogens is 188 g/mol. The smallest absolute Gasteiger partial charge is 0.224 e. The van der Waals surface area contributed by atoms with Crippen molar-refractivity contribution < 1.29 is 4.79 Å². The van der Waals surface area contributed by atoms with Gasteiger partial charge in [0.2, 0.25) is 5.91 Å². The van der Waals surface area contributed by atoms with Crippen LogP contribution in [0.3, 0.4) is 0 Å². The summed E-state index contributed by atoms with van der Waals surface area (Å²) in [6.45, 7) is 8.15. The lowest BCUT2D eigenvalue weighted by atomic mass is 9.97. The Morgan fingerprint density at radius 3 is 2.47 bits per heavy atom. The summed E-state index contributed by atoms with van der Waals surface area (Å²) in [5.74, 6) is 0.315. The van der Waals surface area contributed by atoms with Gasteiger partial charge in [0, 0.05) is 25.0 Å². The highest BCUT2D eigenvalue weighted by Gasteiger charge is 2.27. The van der Waals surface area contributed by atoms with Crippen LogP contribution >= 0.6 is 0 Å². The Labute approximate surface area is 93.2 Å². The largest absolute Gasteiger partial charge is 0.337 e. The van der Waals surface area contributed by atoms with Crippen LogP contribution < -0.4 is 5.32 Å². The predicted molar refractivity (Wildman–Crippen MR) is 62.8 cm³/mol. The molecule has 1 amide bonds. The highest BCUT2D eigenvalue weighted by Crippen LogP contribution is 2.22. The molecule has 15 heavy (non-hydrogen) atoms.